The van der Waals surface area contributed by atoms with Gasteiger partial charge in [0.15, 0.2) is 0 Å². The first-order valence-corrected chi connectivity index (χ1v) is 12.5. The van der Waals surface area contributed by atoms with E-state index in [2.05, 4.69) is 10.6 Å². The number of amides is 3. The van der Waals surface area contributed by atoms with Crippen LogP contribution in [0.3, 0.4) is 0 Å². The van der Waals surface area contributed by atoms with Crippen LogP contribution in [0, 0.1) is 11.8 Å². The fraction of sp³-hybridized carbons (Fsp3) is 0.615. The van der Waals surface area contributed by atoms with Crippen molar-refractivity contribution in [2.75, 3.05) is 6.54 Å². The molecule has 2 rings (SSSR count). The first-order chi connectivity index (χ1) is 16.5. The van der Waals surface area contributed by atoms with Gasteiger partial charge in [0.25, 0.3) is 0 Å². The van der Waals surface area contributed by atoms with Crippen molar-refractivity contribution in [3.8, 4) is 0 Å². The van der Waals surface area contributed by atoms with Crippen LogP contribution in [0.4, 0.5) is 0 Å². The SMILES string of the molecule is CCC(C)C(NC(=O)C(CC(C)C)NC(=O)C(N)Cc1ccccc1)C(=O)N1CCCC1C(=O)O. The minimum Gasteiger partial charge on any atom is -0.480 e. The Morgan fingerprint density at radius 2 is 1.74 bits per heavy atom. The molecule has 1 fully saturated rings. The van der Waals surface area contributed by atoms with Crippen LogP contribution >= 0.6 is 0 Å². The summed E-state index contributed by atoms with van der Waals surface area (Å²) in [7, 11) is 0. The topological polar surface area (TPSA) is 142 Å². The van der Waals surface area contributed by atoms with Gasteiger partial charge in [-0.3, -0.25) is 14.4 Å². The Morgan fingerprint density at radius 1 is 1.09 bits per heavy atom. The number of carboxylic acid groups (broad SMARTS) is 1. The fourth-order valence-corrected chi connectivity index (χ4v) is 4.35. The Hall–Kier alpha value is -2.94. The Labute approximate surface area is 207 Å². The zero-order valence-electron chi connectivity index (χ0n) is 21.2. The molecule has 9 heteroatoms. The molecule has 3 amide bonds. The molecule has 0 bridgehead atoms. The van der Waals surface area contributed by atoms with Crippen molar-refractivity contribution in [1.29, 1.82) is 0 Å². The van der Waals surface area contributed by atoms with Crippen LogP contribution < -0.4 is 16.4 Å². The van der Waals surface area contributed by atoms with Crippen LogP contribution in [0.2, 0.25) is 0 Å². The predicted octanol–water partition coefficient (Wildman–Crippen LogP) is 1.69. The third kappa shape index (κ3) is 8.06. The van der Waals surface area contributed by atoms with Gasteiger partial charge >= 0.3 is 5.97 Å². The summed E-state index contributed by atoms with van der Waals surface area (Å²) < 4.78 is 0. The van der Waals surface area contributed by atoms with Gasteiger partial charge < -0.3 is 26.4 Å². The summed E-state index contributed by atoms with van der Waals surface area (Å²) >= 11 is 0. The molecular formula is C26H40N4O5. The lowest BCUT2D eigenvalue weighted by Crippen LogP contribution is -2.59. The van der Waals surface area contributed by atoms with Crippen LogP contribution in [-0.4, -0.2) is 64.4 Å². The van der Waals surface area contributed by atoms with E-state index in [9.17, 15) is 24.3 Å². The van der Waals surface area contributed by atoms with Gasteiger partial charge in [0.2, 0.25) is 17.7 Å². The first-order valence-electron chi connectivity index (χ1n) is 12.5. The number of benzene rings is 1. The Morgan fingerprint density at radius 3 is 2.31 bits per heavy atom. The third-order valence-corrected chi connectivity index (χ3v) is 6.57. The number of carboxylic acids is 1. The van der Waals surface area contributed by atoms with Gasteiger partial charge in [-0.1, -0.05) is 64.4 Å². The molecule has 1 aliphatic rings. The van der Waals surface area contributed by atoms with E-state index in [0.29, 0.717) is 38.6 Å². The highest BCUT2D eigenvalue weighted by Crippen LogP contribution is 2.21. The summed E-state index contributed by atoms with van der Waals surface area (Å²) in [6.45, 7) is 7.98. The second-order valence-electron chi connectivity index (χ2n) is 9.89. The van der Waals surface area contributed by atoms with Gasteiger partial charge in [0.05, 0.1) is 6.04 Å². The maximum absolute atomic E-state index is 13.3. The van der Waals surface area contributed by atoms with Crippen molar-refractivity contribution in [3.63, 3.8) is 0 Å². The van der Waals surface area contributed by atoms with E-state index in [1.54, 1.807) is 0 Å². The van der Waals surface area contributed by atoms with Gasteiger partial charge in [0.1, 0.15) is 18.1 Å². The molecular weight excluding hydrogens is 448 g/mol. The van der Waals surface area contributed by atoms with Crippen LogP contribution in [-0.2, 0) is 25.6 Å². The number of likely N-dealkylation sites (tertiary alicyclic amines) is 1. The van der Waals surface area contributed by atoms with Gasteiger partial charge in [-0.05, 0) is 43.1 Å². The summed E-state index contributed by atoms with van der Waals surface area (Å²) in [5.74, 6) is -2.45. The van der Waals surface area contributed by atoms with E-state index in [0.717, 1.165) is 5.56 Å². The van der Waals surface area contributed by atoms with Gasteiger partial charge in [-0.15, -0.1) is 0 Å². The van der Waals surface area contributed by atoms with Crippen molar-refractivity contribution >= 4 is 23.7 Å². The second kappa shape index (κ2) is 13.2. The molecule has 9 nitrogen and oxygen atoms in total. The number of carbonyl (C=O) groups excluding carboxylic acids is 3. The summed E-state index contributed by atoms with van der Waals surface area (Å²) in [5, 5.41) is 15.1. The normalized spacial score (nSPS) is 19.0. The molecule has 1 heterocycles. The van der Waals surface area contributed by atoms with Crippen molar-refractivity contribution in [3.05, 3.63) is 35.9 Å². The highest BCUT2D eigenvalue weighted by molar-refractivity contribution is 5.94. The van der Waals surface area contributed by atoms with Gasteiger partial charge in [0, 0.05) is 6.54 Å². The summed E-state index contributed by atoms with van der Waals surface area (Å²) in [6, 6.07) is 5.95. The quantitative estimate of drug-likeness (QED) is 0.353. The molecule has 5 unspecified atom stereocenters. The van der Waals surface area contributed by atoms with Crippen molar-refractivity contribution in [2.24, 2.45) is 17.6 Å². The molecule has 1 aromatic rings. The number of hydrogen-bond acceptors (Lipinski definition) is 5. The molecule has 1 aliphatic heterocycles. The molecule has 0 spiro atoms. The average Bonchev–Trinajstić information content (AvgIpc) is 3.31. The molecule has 0 aromatic heterocycles. The smallest absolute Gasteiger partial charge is 0.326 e. The fourth-order valence-electron chi connectivity index (χ4n) is 4.35. The van der Waals surface area contributed by atoms with E-state index < -0.39 is 47.9 Å². The van der Waals surface area contributed by atoms with Crippen molar-refractivity contribution < 1.29 is 24.3 Å². The molecule has 194 valence electrons. The average molecular weight is 489 g/mol. The van der Waals surface area contributed by atoms with E-state index in [1.165, 1.54) is 4.90 Å². The molecule has 0 saturated carbocycles. The van der Waals surface area contributed by atoms with E-state index in [-0.39, 0.29) is 11.8 Å². The summed E-state index contributed by atoms with van der Waals surface area (Å²) in [6.07, 6.45) is 2.33. The number of nitrogens with one attached hydrogen (secondary N) is 2. The van der Waals surface area contributed by atoms with E-state index >= 15 is 0 Å². The lowest BCUT2D eigenvalue weighted by molar-refractivity contribution is -0.150. The van der Waals surface area contributed by atoms with Crippen LogP contribution in [0.25, 0.3) is 0 Å². The van der Waals surface area contributed by atoms with Crippen LogP contribution in [0.5, 0.6) is 0 Å². The van der Waals surface area contributed by atoms with E-state index in [1.807, 2.05) is 58.0 Å². The predicted molar refractivity (Wildman–Crippen MR) is 133 cm³/mol. The van der Waals surface area contributed by atoms with Gasteiger partial charge in [-0.25, -0.2) is 4.79 Å². The number of carbonyl (C=O) groups is 4. The van der Waals surface area contributed by atoms with Crippen molar-refractivity contribution in [2.45, 2.75) is 84.0 Å². The zero-order chi connectivity index (χ0) is 26.1. The summed E-state index contributed by atoms with van der Waals surface area (Å²) in [5.41, 5.74) is 7.03. The van der Waals surface area contributed by atoms with Gasteiger partial charge in [-0.2, -0.15) is 0 Å². The molecule has 1 aromatic carbocycles. The number of rotatable bonds is 12. The van der Waals surface area contributed by atoms with Crippen LogP contribution in [0.1, 0.15) is 58.9 Å². The molecule has 1 saturated heterocycles. The highest BCUT2D eigenvalue weighted by Gasteiger charge is 2.40. The minimum absolute atomic E-state index is 0.101. The number of nitrogens with two attached hydrogens (primary N) is 1. The molecule has 5 N–H and O–H groups in total. The number of hydrogen-bond donors (Lipinski definition) is 4. The lowest BCUT2D eigenvalue weighted by atomic mass is 9.95. The Kier molecular flexibility index (Phi) is 10.7. The molecule has 0 radical (unpaired) electrons. The highest BCUT2D eigenvalue weighted by atomic mass is 16.4. The lowest BCUT2D eigenvalue weighted by Gasteiger charge is -2.32. The maximum atomic E-state index is 13.3. The molecule has 5 atom stereocenters. The second-order valence-corrected chi connectivity index (χ2v) is 9.89. The van der Waals surface area contributed by atoms with Crippen LogP contribution in [0.15, 0.2) is 30.3 Å². The van der Waals surface area contributed by atoms with E-state index in [4.69, 9.17) is 5.73 Å². The standard InChI is InChI=1S/C26H40N4O5/c1-5-17(4)22(25(33)30-13-9-12-21(30)26(34)35)29-24(32)20(14-16(2)3)28-23(31)19(27)15-18-10-7-6-8-11-18/h6-8,10-11,16-17,19-22H,5,9,12-15,27H2,1-4H3,(H,28,31)(H,29,32)(H,34,35). The Bertz CT molecular complexity index is 876. The minimum atomic E-state index is -1.04. The monoisotopic (exact) mass is 488 g/mol. The summed E-state index contributed by atoms with van der Waals surface area (Å²) in [4.78, 5) is 52.4. The maximum Gasteiger partial charge on any atom is 0.326 e. The molecule has 35 heavy (non-hydrogen) atoms. The first kappa shape index (κ1) is 28.3. The molecule has 0 aliphatic carbocycles. The number of aliphatic carboxylic acids is 1. The Balaban J connectivity index is 2.14. The third-order valence-electron chi connectivity index (χ3n) is 6.57. The number of nitrogens with zero attached hydrogens (tertiary/aromatic N) is 1. The van der Waals surface area contributed by atoms with Crippen molar-refractivity contribution in [1.82, 2.24) is 15.5 Å². The zero-order valence-corrected chi connectivity index (χ0v) is 21.2. The largest absolute Gasteiger partial charge is 0.480 e.